The quantitative estimate of drug-likeness (QED) is 0.373. The molecule has 0 radical (unpaired) electrons. The Bertz CT molecular complexity index is 542. The summed E-state index contributed by atoms with van der Waals surface area (Å²) in [5, 5.41) is 12.8. The van der Waals surface area contributed by atoms with Crippen molar-refractivity contribution in [1.82, 2.24) is 0 Å². The summed E-state index contributed by atoms with van der Waals surface area (Å²) in [6.45, 7) is 0.304. The highest BCUT2D eigenvalue weighted by molar-refractivity contribution is 6.37. The Hall–Kier alpha value is -1.62. The first-order valence-corrected chi connectivity index (χ1v) is 6.07. The van der Waals surface area contributed by atoms with Crippen LogP contribution in [0, 0.1) is 0 Å². The van der Waals surface area contributed by atoms with Crippen LogP contribution in [0.25, 0.3) is 10.4 Å². The van der Waals surface area contributed by atoms with Crippen LogP contribution in [0.4, 0.5) is 0 Å². The summed E-state index contributed by atoms with van der Waals surface area (Å²) in [4.78, 5) is 13.8. The first-order chi connectivity index (χ1) is 9.02. The topological polar surface area (TPSA) is 95.3 Å². The molecule has 0 heterocycles. The van der Waals surface area contributed by atoms with Gasteiger partial charge in [0, 0.05) is 11.5 Å². The lowest BCUT2D eigenvalue weighted by Gasteiger charge is -2.12. The van der Waals surface area contributed by atoms with Crippen LogP contribution in [0.5, 0.6) is 5.75 Å². The lowest BCUT2D eigenvalue weighted by atomic mass is 10.0. The van der Waals surface area contributed by atoms with Gasteiger partial charge in [0.05, 0.1) is 17.2 Å². The van der Waals surface area contributed by atoms with Gasteiger partial charge in [-0.3, -0.25) is 0 Å². The third kappa shape index (κ3) is 3.67. The highest BCUT2D eigenvalue weighted by Gasteiger charge is 2.21. The number of carbonyl (C=O) groups is 1. The van der Waals surface area contributed by atoms with E-state index in [1.54, 1.807) is 6.07 Å². The SMILES string of the molecule is COc1c(Cl)cc(CCCN=[N+]=[N-])c(Cl)c1C(=O)O. The van der Waals surface area contributed by atoms with E-state index < -0.39 is 5.97 Å². The number of hydrogen-bond donors (Lipinski definition) is 1. The summed E-state index contributed by atoms with van der Waals surface area (Å²) < 4.78 is 4.95. The van der Waals surface area contributed by atoms with E-state index in [4.69, 9.17) is 38.6 Å². The minimum absolute atomic E-state index is 0.0398. The second-order valence-electron chi connectivity index (χ2n) is 3.60. The van der Waals surface area contributed by atoms with E-state index in [0.29, 0.717) is 24.9 Å². The molecule has 0 spiro atoms. The van der Waals surface area contributed by atoms with Gasteiger partial charge in [0.25, 0.3) is 0 Å². The zero-order valence-electron chi connectivity index (χ0n) is 10.1. The zero-order valence-corrected chi connectivity index (χ0v) is 11.6. The number of nitrogens with zero attached hydrogens (tertiary/aromatic N) is 3. The Labute approximate surface area is 119 Å². The molecule has 19 heavy (non-hydrogen) atoms. The summed E-state index contributed by atoms with van der Waals surface area (Å²) in [5.41, 5.74) is 8.59. The molecule has 0 saturated heterocycles. The third-order valence-corrected chi connectivity index (χ3v) is 3.14. The second kappa shape index (κ2) is 7.09. The molecule has 6 nitrogen and oxygen atoms in total. The highest BCUT2D eigenvalue weighted by Crippen LogP contribution is 2.37. The fourth-order valence-corrected chi connectivity index (χ4v) is 2.24. The summed E-state index contributed by atoms with van der Waals surface area (Å²) >= 11 is 12.0. The molecule has 1 N–H and O–H groups in total. The molecule has 0 bridgehead atoms. The number of benzene rings is 1. The maximum atomic E-state index is 11.2. The van der Waals surface area contributed by atoms with Crippen molar-refractivity contribution in [2.75, 3.05) is 13.7 Å². The Morgan fingerprint density at radius 3 is 2.79 bits per heavy atom. The molecule has 0 aliphatic heterocycles. The highest BCUT2D eigenvalue weighted by atomic mass is 35.5. The monoisotopic (exact) mass is 303 g/mol. The van der Waals surface area contributed by atoms with Crippen molar-refractivity contribution in [3.05, 3.63) is 37.7 Å². The summed E-state index contributed by atoms with van der Waals surface area (Å²) in [6, 6.07) is 1.56. The number of aromatic carboxylic acids is 1. The summed E-state index contributed by atoms with van der Waals surface area (Å²) in [7, 11) is 1.32. The van der Waals surface area contributed by atoms with Crippen molar-refractivity contribution in [2.45, 2.75) is 12.8 Å². The Morgan fingerprint density at radius 2 is 2.26 bits per heavy atom. The van der Waals surface area contributed by atoms with Crippen molar-refractivity contribution < 1.29 is 14.6 Å². The molecule has 0 aromatic heterocycles. The number of carboxylic acid groups (broad SMARTS) is 1. The Morgan fingerprint density at radius 1 is 1.58 bits per heavy atom. The molecule has 0 amide bonds. The van der Waals surface area contributed by atoms with E-state index in [9.17, 15) is 4.79 Å². The van der Waals surface area contributed by atoms with Gasteiger partial charge in [-0.25, -0.2) is 4.79 Å². The zero-order chi connectivity index (χ0) is 14.4. The van der Waals surface area contributed by atoms with Gasteiger partial charge in [-0.2, -0.15) is 0 Å². The molecule has 8 heteroatoms. The molecule has 102 valence electrons. The van der Waals surface area contributed by atoms with Crippen molar-refractivity contribution in [1.29, 1.82) is 0 Å². The molecule has 1 aromatic carbocycles. The lowest BCUT2D eigenvalue weighted by molar-refractivity contribution is 0.0693. The van der Waals surface area contributed by atoms with Crippen LogP contribution >= 0.6 is 23.2 Å². The van der Waals surface area contributed by atoms with Gasteiger partial charge in [0.2, 0.25) is 0 Å². The molecule has 0 unspecified atom stereocenters. The van der Waals surface area contributed by atoms with E-state index >= 15 is 0 Å². The third-order valence-electron chi connectivity index (χ3n) is 2.43. The van der Waals surface area contributed by atoms with E-state index in [-0.39, 0.29) is 21.4 Å². The number of carboxylic acids is 1. The molecule has 0 aliphatic carbocycles. The van der Waals surface area contributed by atoms with Crippen LogP contribution in [-0.4, -0.2) is 24.7 Å². The van der Waals surface area contributed by atoms with Gasteiger partial charge in [-0.15, -0.1) is 0 Å². The molecule has 0 fully saturated rings. The number of methoxy groups -OCH3 is 1. The van der Waals surface area contributed by atoms with Crippen molar-refractivity contribution in [3.63, 3.8) is 0 Å². The van der Waals surface area contributed by atoms with E-state index in [0.717, 1.165) is 0 Å². The van der Waals surface area contributed by atoms with E-state index in [1.807, 2.05) is 0 Å². The molecular weight excluding hydrogens is 293 g/mol. The van der Waals surface area contributed by atoms with Crippen molar-refractivity contribution in [3.8, 4) is 5.75 Å². The van der Waals surface area contributed by atoms with Crippen molar-refractivity contribution >= 4 is 29.2 Å². The first-order valence-electron chi connectivity index (χ1n) is 5.32. The molecule has 0 aliphatic rings. The van der Waals surface area contributed by atoms with Gasteiger partial charge in [-0.1, -0.05) is 28.3 Å². The van der Waals surface area contributed by atoms with Crippen LogP contribution in [0.15, 0.2) is 11.2 Å². The van der Waals surface area contributed by atoms with E-state index in [2.05, 4.69) is 10.0 Å². The average molecular weight is 304 g/mol. The minimum atomic E-state index is -1.21. The molecular formula is C11H11Cl2N3O3. The molecule has 0 saturated carbocycles. The molecule has 1 rings (SSSR count). The molecule has 0 atom stereocenters. The van der Waals surface area contributed by atoms with Crippen LogP contribution in [0.2, 0.25) is 10.0 Å². The first kappa shape index (κ1) is 15.4. The van der Waals surface area contributed by atoms with Crippen molar-refractivity contribution in [2.24, 2.45) is 5.11 Å². The number of hydrogen-bond acceptors (Lipinski definition) is 3. The minimum Gasteiger partial charge on any atom is -0.494 e. The van der Waals surface area contributed by atoms with Crippen LogP contribution in [0.3, 0.4) is 0 Å². The van der Waals surface area contributed by atoms with Crippen LogP contribution in [0.1, 0.15) is 22.3 Å². The normalized spacial score (nSPS) is 9.84. The number of halogens is 2. The van der Waals surface area contributed by atoms with Gasteiger partial charge >= 0.3 is 5.97 Å². The average Bonchev–Trinajstić information content (AvgIpc) is 2.37. The van der Waals surface area contributed by atoms with Gasteiger partial charge in [0.15, 0.2) is 5.75 Å². The maximum absolute atomic E-state index is 11.2. The fourth-order valence-electron chi connectivity index (χ4n) is 1.62. The Kier molecular flexibility index (Phi) is 5.76. The van der Waals surface area contributed by atoms with E-state index in [1.165, 1.54) is 7.11 Å². The summed E-state index contributed by atoms with van der Waals surface area (Å²) in [5.74, 6) is -1.17. The maximum Gasteiger partial charge on any atom is 0.341 e. The predicted octanol–water partition coefficient (Wildman–Crippen LogP) is 3.94. The second-order valence-corrected chi connectivity index (χ2v) is 4.39. The fraction of sp³-hybridized carbons (Fsp3) is 0.364. The lowest BCUT2D eigenvalue weighted by Crippen LogP contribution is -2.05. The number of azide groups is 1. The predicted molar refractivity (Wildman–Crippen MR) is 72.3 cm³/mol. The summed E-state index contributed by atoms with van der Waals surface area (Å²) in [6.07, 6.45) is 1.01. The molecule has 1 aromatic rings. The smallest absolute Gasteiger partial charge is 0.341 e. The van der Waals surface area contributed by atoms with Crippen LogP contribution < -0.4 is 4.74 Å². The Balaban J connectivity index is 3.13. The number of ether oxygens (including phenoxy) is 1. The number of rotatable bonds is 6. The number of aryl methyl sites for hydroxylation is 1. The van der Waals surface area contributed by atoms with Gasteiger partial charge in [-0.05, 0) is 30.0 Å². The van der Waals surface area contributed by atoms with Gasteiger partial charge < -0.3 is 9.84 Å². The van der Waals surface area contributed by atoms with Gasteiger partial charge in [0.1, 0.15) is 5.56 Å². The van der Waals surface area contributed by atoms with Crippen LogP contribution in [-0.2, 0) is 6.42 Å². The standard InChI is InChI=1S/C11H11Cl2N3O3/c1-19-10-7(12)5-6(3-2-4-15-16-14)9(13)8(10)11(17)18/h5H,2-4H2,1H3,(H,17,18). The largest absolute Gasteiger partial charge is 0.494 e.